The van der Waals surface area contributed by atoms with E-state index in [1.807, 2.05) is 12.1 Å². The second-order valence-corrected chi connectivity index (χ2v) is 9.15. The van der Waals surface area contributed by atoms with Gasteiger partial charge in [0.15, 0.2) is 0 Å². The molecule has 0 bridgehead atoms. The largest absolute Gasteiger partial charge is 0.467 e. The van der Waals surface area contributed by atoms with E-state index in [9.17, 15) is 9.59 Å². The standard InChI is InChI=1S/C23H25N3O3S/c27-20(26(13-17-9-6-12-29-17)16-7-2-1-3-8-16)14-25-15-24-22-21(23(25)28)18-10-4-5-11-19(18)30-22/h6-7,9,12,15H,1-5,8,10-11,13-14H2. The van der Waals surface area contributed by atoms with E-state index in [0.29, 0.717) is 6.54 Å². The lowest BCUT2D eigenvalue weighted by Crippen LogP contribution is -2.36. The minimum absolute atomic E-state index is 0.00948. The second kappa shape index (κ2) is 8.22. The molecule has 5 rings (SSSR count). The summed E-state index contributed by atoms with van der Waals surface area (Å²) in [6.07, 6.45) is 13.6. The highest BCUT2D eigenvalue weighted by atomic mass is 32.1. The molecule has 0 fully saturated rings. The van der Waals surface area contributed by atoms with Crippen LogP contribution in [-0.4, -0.2) is 20.4 Å². The van der Waals surface area contributed by atoms with Gasteiger partial charge >= 0.3 is 0 Å². The van der Waals surface area contributed by atoms with Crippen molar-refractivity contribution in [1.29, 1.82) is 0 Å². The number of rotatable bonds is 5. The Balaban J connectivity index is 1.46. The molecule has 3 aromatic rings. The number of allylic oxidation sites excluding steroid dienone is 2. The fourth-order valence-corrected chi connectivity index (χ4v) is 5.72. The molecule has 0 N–H and O–H groups in total. The zero-order valence-electron chi connectivity index (χ0n) is 16.9. The number of aryl methyl sites for hydroxylation is 2. The van der Waals surface area contributed by atoms with Crippen LogP contribution in [0.5, 0.6) is 0 Å². The summed E-state index contributed by atoms with van der Waals surface area (Å²) in [6, 6.07) is 3.70. The van der Waals surface area contributed by atoms with Gasteiger partial charge in [0.1, 0.15) is 17.1 Å². The fraction of sp³-hybridized carbons (Fsp3) is 0.435. The zero-order chi connectivity index (χ0) is 20.5. The summed E-state index contributed by atoms with van der Waals surface area (Å²) in [6.45, 7) is 0.375. The highest BCUT2D eigenvalue weighted by Crippen LogP contribution is 2.33. The molecule has 3 aromatic heterocycles. The van der Waals surface area contributed by atoms with Gasteiger partial charge < -0.3 is 9.32 Å². The highest BCUT2D eigenvalue weighted by molar-refractivity contribution is 7.18. The van der Waals surface area contributed by atoms with Crippen LogP contribution in [0.1, 0.15) is 54.7 Å². The summed E-state index contributed by atoms with van der Waals surface area (Å²) in [4.78, 5) is 34.9. The predicted molar refractivity (Wildman–Crippen MR) is 116 cm³/mol. The molecule has 2 aliphatic carbocycles. The van der Waals surface area contributed by atoms with Crippen LogP contribution in [0.2, 0.25) is 0 Å². The van der Waals surface area contributed by atoms with Crippen LogP contribution in [0.4, 0.5) is 0 Å². The van der Waals surface area contributed by atoms with Crippen LogP contribution in [-0.2, 0) is 30.7 Å². The molecule has 0 saturated carbocycles. The van der Waals surface area contributed by atoms with E-state index in [4.69, 9.17) is 4.42 Å². The Morgan fingerprint density at radius 3 is 2.87 bits per heavy atom. The normalized spacial score (nSPS) is 16.3. The van der Waals surface area contributed by atoms with Crippen molar-refractivity contribution in [2.45, 2.75) is 64.5 Å². The number of amides is 1. The molecule has 3 heterocycles. The first-order valence-electron chi connectivity index (χ1n) is 10.7. The Kier molecular flexibility index (Phi) is 5.29. The van der Waals surface area contributed by atoms with Gasteiger partial charge in [0.05, 0.1) is 24.5 Å². The average molecular weight is 424 g/mol. The van der Waals surface area contributed by atoms with Crippen molar-refractivity contribution in [3.8, 4) is 0 Å². The maximum Gasteiger partial charge on any atom is 0.262 e. The van der Waals surface area contributed by atoms with Crippen molar-refractivity contribution < 1.29 is 9.21 Å². The number of thiophene rings is 1. The Hall–Kier alpha value is -2.67. The van der Waals surface area contributed by atoms with E-state index in [1.165, 1.54) is 22.2 Å². The number of nitrogens with zero attached hydrogens (tertiary/aromatic N) is 3. The van der Waals surface area contributed by atoms with Crippen molar-refractivity contribution in [1.82, 2.24) is 14.5 Å². The van der Waals surface area contributed by atoms with Crippen LogP contribution >= 0.6 is 11.3 Å². The van der Waals surface area contributed by atoms with E-state index in [1.54, 1.807) is 22.5 Å². The number of carbonyl (C=O) groups is 1. The molecule has 0 radical (unpaired) electrons. The van der Waals surface area contributed by atoms with Gasteiger partial charge in [-0.05, 0) is 69.1 Å². The molecule has 156 valence electrons. The molecule has 0 spiro atoms. The molecule has 30 heavy (non-hydrogen) atoms. The molecule has 0 aromatic carbocycles. The molecule has 0 aliphatic heterocycles. The van der Waals surface area contributed by atoms with Crippen LogP contribution in [0.15, 0.2) is 45.7 Å². The first-order valence-corrected chi connectivity index (χ1v) is 11.5. The molecule has 0 atom stereocenters. The Bertz CT molecular complexity index is 1160. The van der Waals surface area contributed by atoms with Gasteiger partial charge in [-0.3, -0.25) is 14.2 Å². The first-order chi connectivity index (χ1) is 14.7. The second-order valence-electron chi connectivity index (χ2n) is 8.07. The molecule has 6 nitrogen and oxygen atoms in total. The van der Waals surface area contributed by atoms with Crippen LogP contribution in [0, 0.1) is 0 Å². The van der Waals surface area contributed by atoms with Crippen molar-refractivity contribution in [2.75, 3.05) is 0 Å². The lowest BCUT2D eigenvalue weighted by molar-refractivity contribution is -0.130. The van der Waals surface area contributed by atoms with Crippen molar-refractivity contribution >= 4 is 27.5 Å². The Morgan fingerprint density at radius 1 is 1.20 bits per heavy atom. The van der Waals surface area contributed by atoms with Crippen molar-refractivity contribution in [3.63, 3.8) is 0 Å². The van der Waals surface area contributed by atoms with Gasteiger partial charge in [0.25, 0.3) is 5.56 Å². The van der Waals surface area contributed by atoms with Gasteiger partial charge in [-0.15, -0.1) is 11.3 Å². The average Bonchev–Trinajstić information content (AvgIpc) is 3.42. The van der Waals surface area contributed by atoms with E-state index in [-0.39, 0.29) is 18.0 Å². The van der Waals surface area contributed by atoms with Crippen molar-refractivity contribution in [2.24, 2.45) is 0 Å². The number of aromatic nitrogens is 2. The SMILES string of the molecule is O=C(Cn1cnc2sc3c(c2c1=O)CCCC3)N(Cc1ccco1)C1=CCCCC1. The molecular formula is C23H25N3O3S. The van der Waals surface area contributed by atoms with Gasteiger partial charge in [-0.2, -0.15) is 0 Å². The predicted octanol–water partition coefficient (Wildman–Crippen LogP) is 4.42. The third kappa shape index (κ3) is 3.62. The fourth-order valence-electron chi connectivity index (χ4n) is 4.50. The summed E-state index contributed by atoms with van der Waals surface area (Å²) in [5, 5.41) is 0.722. The minimum Gasteiger partial charge on any atom is -0.467 e. The maximum absolute atomic E-state index is 13.3. The van der Waals surface area contributed by atoms with Gasteiger partial charge in [-0.1, -0.05) is 6.08 Å². The third-order valence-electron chi connectivity index (χ3n) is 6.06. The summed E-state index contributed by atoms with van der Waals surface area (Å²) >= 11 is 1.63. The molecule has 2 aliphatic rings. The maximum atomic E-state index is 13.3. The van der Waals surface area contributed by atoms with Gasteiger partial charge in [0, 0.05) is 10.6 Å². The van der Waals surface area contributed by atoms with Crippen LogP contribution < -0.4 is 5.56 Å². The Morgan fingerprint density at radius 2 is 2.07 bits per heavy atom. The lowest BCUT2D eigenvalue weighted by Gasteiger charge is -2.27. The van der Waals surface area contributed by atoms with E-state index in [2.05, 4.69) is 11.1 Å². The van der Waals surface area contributed by atoms with Crippen LogP contribution in [0.3, 0.4) is 0 Å². The molecule has 0 saturated heterocycles. The summed E-state index contributed by atoms with van der Waals surface area (Å²) in [5.74, 6) is 0.634. The highest BCUT2D eigenvalue weighted by Gasteiger charge is 2.24. The zero-order valence-corrected chi connectivity index (χ0v) is 17.7. The smallest absolute Gasteiger partial charge is 0.262 e. The van der Waals surface area contributed by atoms with Gasteiger partial charge in [0.2, 0.25) is 5.91 Å². The monoisotopic (exact) mass is 423 g/mol. The van der Waals surface area contributed by atoms with E-state index in [0.717, 1.165) is 72.2 Å². The number of furan rings is 1. The first kappa shape index (κ1) is 19.3. The summed E-state index contributed by atoms with van der Waals surface area (Å²) in [7, 11) is 0. The topological polar surface area (TPSA) is 68.3 Å². The van der Waals surface area contributed by atoms with Gasteiger partial charge in [-0.25, -0.2) is 4.98 Å². The Labute approximate surface area is 178 Å². The molecule has 1 amide bonds. The van der Waals surface area contributed by atoms with E-state index < -0.39 is 0 Å². The van der Waals surface area contributed by atoms with Crippen LogP contribution in [0.25, 0.3) is 10.2 Å². The third-order valence-corrected chi connectivity index (χ3v) is 7.26. The quantitative estimate of drug-likeness (QED) is 0.609. The minimum atomic E-state index is -0.105. The van der Waals surface area contributed by atoms with E-state index >= 15 is 0 Å². The molecular weight excluding hydrogens is 398 g/mol. The van der Waals surface area contributed by atoms with Crippen molar-refractivity contribution in [3.05, 3.63) is 63.1 Å². The number of hydrogen-bond acceptors (Lipinski definition) is 5. The number of carbonyl (C=O) groups excluding carboxylic acids is 1. The molecule has 7 heteroatoms. The number of fused-ring (bicyclic) bond motifs is 3. The summed E-state index contributed by atoms with van der Waals surface area (Å²) in [5.41, 5.74) is 2.09. The number of hydrogen-bond donors (Lipinski definition) is 0. The summed E-state index contributed by atoms with van der Waals surface area (Å²) < 4.78 is 6.96. The lowest BCUT2D eigenvalue weighted by atomic mass is 9.97. The molecule has 0 unspecified atom stereocenters.